The molecule has 3 atom stereocenters. The van der Waals surface area contributed by atoms with Crippen LogP contribution in [0.2, 0.25) is 0 Å². The quantitative estimate of drug-likeness (QED) is 0.0676. The maximum atomic E-state index is 8.51. The van der Waals surface area contributed by atoms with Crippen LogP contribution in [0.15, 0.2) is 85.2 Å². The van der Waals surface area contributed by atoms with E-state index in [0.717, 1.165) is 119 Å². The fourth-order valence-electron chi connectivity index (χ4n) is 9.13. The molecule has 6 aromatic rings. The molecular formula is C49H70ClIN10O2. The average Bonchev–Trinajstić information content (AvgIpc) is 4.02. The Kier molecular flexibility index (Phi) is 20.7. The highest BCUT2D eigenvalue weighted by Crippen LogP contribution is 2.35. The summed E-state index contributed by atoms with van der Waals surface area (Å²) in [7, 11) is 6.44. The van der Waals surface area contributed by atoms with Crippen LogP contribution in [0.3, 0.4) is 0 Å². The zero-order valence-electron chi connectivity index (χ0n) is 37.6. The standard InChI is InChI=1S/C24H33N5.C21H27N5.C4H8O2.ClH.HI/c1-27(2)16-6-7-17-29(22-14-8-10-19-11-9-15-25-24(19)22)18-23-26-20-12-4-5-13-21(20)28(23)3;22-12-3-4-14-26(15-20-24-17-9-1-2-10-18(17)25-20)19-11-5-7-16-8-6-13-23-21(16)19;5-4-2-1-3-6-4;;/h4-5,9,11-13,15,22H,6-8,10,14,16-18H2,1-3H3;1-2,6,8-10,13,19H,3-5,7,11-12,14-15,22H2,(H,24,25);4-5H,1-3H2;2*1H/t22-;19-;;;/m00.../s1. The van der Waals surface area contributed by atoms with Gasteiger partial charge < -0.3 is 30.0 Å². The second-order valence-electron chi connectivity index (χ2n) is 17.1. The number of aromatic amines is 1. The van der Waals surface area contributed by atoms with Crippen LogP contribution in [0.5, 0.6) is 0 Å². The molecule has 1 unspecified atom stereocenters. The van der Waals surface area contributed by atoms with Gasteiger partial charge in [0.05, 0.1) is 58.6 Å². The Balaban J connectivity index is 0.000000204. The van der Waals surface area contributed by atoms with Crippen LogP contribution in [0.4, 0.5) is 0 Å². The molecule has 2 aliphatic carbocycles. The van der Waals surface area contributed by atoms with Crippen LogP contribution >= 0.6 is 36.4 Å². The Morgan fingerprint density at radius 2 is 1.33 bits per heavy atom. The molecule has 342 valence electrons. The van der Waals surface area contributed by atoms with Crippen molar-refractivity contribution >= 4 is 58.5 Å². The van der Waals surface area contributed by atoms with Gasteiger partial charge in [-0.1, -0.05) is 36.4 Å². The van der Waals surface area contributed by atoms with E-state index in [1.54, 1.807) is 0 Å². The highest BCUT2D eigenvalue weighted by Gasteiger charge is 2.29. The molecule has 9 rings (SSSR count). The lowest BCUT2D eigenvalue weighted by Gasteiger charge is -2.35. The van der Waals surface area contributed by atoms with Gasteiger partial charge in [0.2, 0.25) is 0 Å². The number of pyridine rings is 2. The van der Waals surface area contributed by atoms with Crippen LogP contribution in [0, 0.1) is 0 Å². The first-order valence-corrected chi connectivity index (χ1v) is 22.7. The van der Waals surface area contributed by atoms with Gasteiger partial charge in [0.15, 0.2) is 6.29 Å². The number of para-hydroxylation sites is 4. The number of fused-ring (bicyclic) bond motifs is 4. The maximum Gasteiger partial charge on any atom is 0.154 e. The zero-order chi connectivity index (χ0) is 42.4. The number of H-pyrrole nitrogens is 1. The Morgan fingerprint density at radius 3 is 1.90 bits per heavy atom. The van der Waals surface area contributed by atoms with E-state index >= 15 is 0 Å². The molecule has 5 heterocycles. The Labute approximate surface area is 397 Å². The molecule has 1 aliphatic heterocycles. The molecule has 0 radical (unpaired) electrons. The number of imidazole rings is 2. The second-order valence-corrected chi connectivity index (χ2v) is 17.1. The molecule has 12 nitrogen and oxygen atoms in total. The summed E-state index contributed by atoms with van der Waals surface area (Å²) in [5.74, 6) is 2.17. The lowest BCUT2D eigenvalue weighted by molar-refractivity contribution is -0.0589. The topological polar surface area (TPSA) is 137 Å². The number of halogens is 2. The minimum atomic E-state index is -0.454. The van der Waals surface area contributed by atoms with Crippen LogP contribution in [0.25, 0.3) is 22.1 Å². The molecule has 63 heavy (non-hydrogen) atoms. The SMILES string of the molecule is CN(C)CCCCN(Cc1nc2ccccc2n1C)[C@H]1CCCc2cccnc21.Cl.I.NCCCCN(Cc1nc2ccccc2[nH]1)[C@H]1CCCc2cccnc21.OC1CCCO1. The number of hydrogen-bond donors (Lipinski definition) is 3. The number of nitrogens with two attached hydrogens (primary N) is 1. The number of unbranched alkanes of at least 4 members (excludes halogenated alkanes) is 2. The number of aromatic nitrogens is 6. The number of ether oxygens (including phenoxy) is 1. The molecule has 0 amide bonds. The number of aryl methyl sites for hydroxylation is 3. The molecule has 0 saturated carbocycles. The van der Waals surface area contributed by atoms with E-state index < -0.39 is 6.29 Å². The number of rotatable bonds is 15. The smallest absolute Gasteiger partial charge is 0.154 e. The third-order valence-electron chi connectivity index (χ3n) is 12.3. The van der Waals surface area contributed by atoms with E-state index in [2.05, 4.69) is 106 Å². The van der Waals surface area contributed by atoms with E-state index in [4.69, 9.17) is 35.5 Å². The van der Waals surface area contributed by atoms with Crippen LogP contribution in [-0.2, 0) is 37.7 Å². The van der Waals surface area contributed by atoms with Crippen molar-refractivity contribution in [3.05, 3.63) is 119 Å². The number of nitrogens with one attached hydrogen (secondary N) is 1. The molecular weight excluding hydrogens is 923 g/mol. The maximum absolute atomic E-state index is 8.51. The van der Waals surface area contributed by atoms with Gasteiger partial charge in [0.25, 0.3) is 0 Å². The Bertz CT molecular complexity index is 2210. The summed E-state index contributed by atoms with van der Waals surface area (Å²) in [6, 6.07) is 26.0. The number of nitrogens with zero attached hydrogens (tertiary/aromatic N) is 8. The van der Waals surface area contributed by atoms with Crippen LogP contribution in [0.1, 0.15) is 110 Å². The number of aliphatic hydroxyl groups is 1. The number of hydrogen-bond acceptors (Lipinski definition) is 10. The van der Waals surface area contributed by atoms with E-state index in [0.29, 0.717) is 12.1 Å². The molecule has 0 spiro atoms. The lowest BCUT2D eigenvalue weighted by atomic mass is 9.90. The van der Waals surface area contributed by atoms with Gasteiger partial charge in [-0.05, 0) is 158 Å². The largest absolute Gasteiger partial charge is 0.368 e. The highest BCUT2D eigenvalue weighted by molar-refractivity contribution is 14.0. The summed E-state index contributed by atoms with van der Waals surface area (Å²) in [5.41, 5.74) is 15.5. The van der Waals surface area contributed by atoms with Gasteiger partial charge in [-0.25, -0.2) is 9.97 Å². The summed E-state index contributed by atoms with van der Waals surface area (Å²) < 4.78 is 6.96. The molecule has 4 aromatic heterocycles. The Morgan fingerprint density at radius 1 is 0.730 bits per heavy atom. The van der Waals surface area contributed by atoms with Crippen LogP contribution < -0.4 is 5.73 Å². The molecule has 14 heteroatoms. The van der Waals surface area contributed by atoms with Crippen LogP contribution in [-0.4, -0.2) is 102 Å². The minimum Gasteiger partial charge on any atom is -0.368 e. The van der Waals surface area contributed by atoms with Crippen molar-refractivity contribution in [2.24, 2.45) is 12.8 Å². The fraction of sp³-hybridized carbons (Fsp3) is 0.510. The van der Waals surface area contributed by atoms with Gasteiger partial charge in [0, 0.05) is 32.5 Å². The average molecular weight is 994 g/mol. The lowest BCUT2D eigenvalue weighted by Crippen LogP contribution is -2.33. The first-order valence-electron chi connectivity index (χ1n) is 22.7. The number of aliphatic hydroxyl groups excluding tert-OH is 1. The van der Waals surface area contributed by atoms with Crippen molar-refractivity contribution in [2.45, 2.75) is 109 Å². The van der Waals surface area contributed by atoms with Crippen molar-refractivity contribution in [2.75, 3.05) is 46.9 Å². The summed E-state index contributed by atoms with van der Waals surface area (Å²) in [5, 5.41) is 8.51. The monoisotopic (exact) mass is 992 g/mol. The van der Waals surface area contributed by atoms with E-state index in [1.807, 2.05) is 24.5 Å². The molecule has 1 fully saturated rings. The van der Waals surface area contributed by atoms with E-state index in [9.17, 15) is 0 Å². The van der Waals surface area contributed by atoms with E-state index in [1.165, 1.54) is 60.1 Å². The van der Waals surface area contributed by atoms with Gasteiger partial charge in [-0.3, -0.25) is 19.8 Å². The summed E-state index contributed by atoms with van der Waals surface area (Å²) in [4.78, 5) is 30.2. The summed E-state index contributed by atoms with van der Waals surface area (Å²) in [6.07, 6.45) is 16.9. The van der Waals surface area contributed by atoms with E-state index in [-0.39, 0.29) is 36.4 Å². The van der Waals surface area contributed by atoms with Gasteiger partial charge in [-0.2, -0.15) is 0 Å². The van der Waals surface area contributed by atoms with Gasteiger partial charge in [0.1, 0.15) is 11.6 Å². The zero-order valence-corrected chi connectivity index (χ0v) is 40.7. The molecule has 2 aromatic carbocycles. The van der Waals surface area contributed by atoms with Gasteiger partial charge in [-0.15, -0.1) is 36.4 Å². The fourth-order valence-corrected chi connectivity index (χ4v) is 9.13. The summed E-state index contributed by atoms with van der Waals surface area (Å²) in [6.45, 7) is 6.42. The third kappa shape index (κ3) is 14.0. The van der Waals surface area contributed by atoms with Crippen molar-refractivity contribution in [3.8, 4) is 0 Å². The van der Waals surface area contributed by atoms with Crippen molar-refractivity contribution in [3.63, 3.8) is 0 Å². The van der Waals surface area contributed by atoms with Crippen molar-refractivity contribution in [1.29, 1.82) is 0 Å². The molecule has 0 bridgehead atoms. The summed E-state index contributed by atoms with van der Waals surface area (Å²) >= 11 is 0. The highest BCUT2D eigenvalue weighted by atomic mass is 127. The minimum absolute atomic E-state index is 0. The number of benzene rings is 2. The predicted molar refractivity (Wildman–Crippen MR) is 267 cm³/mol. The molecule has 1 saturated heterocycles. The Hall–Kier alpha value is -3.54. The van der Waals surface area contributed by atoms with Gasteiger partial charge >= 0.3 is 0 Å². The first-order chi connectivity index (χ1) is 29.9. The molecule has 4 N–H and O–H groups in total. The molecule has 3 aliphatic rings. The normalized spacial score (nSPS) is 17.9. The second kappa shape index (κ2) is 25.8. The van der Waals surface area contributed by atoms with Crippen molar-refractivity contribution < 1.29 is 9.84 Å². The van der Waals surface area contributed by atoms with Crippen molar-refractivity contribution in [1.82, 2.24) is 44.2 Å². The first kappa shape index (κ1) is 50.5. The predicted octanol–water partition coefficient (Wildman–Crippen LogP) is 8.92. The third-order valence-corrected chi connectivity index (χ3v) is 12.3.